The zero-order chi connectivity index (χ0) is 12.8. The van der Waals surface area contributed by atoms with Crippen molar-refractivity contribution in [2.45, 2.75) is 44.6 Å². The molecule has 1 N–H and O–H groups in total. The summed E-state index contributed by atoms with van der Waals surface area (Å²) in [4.78, 5) is 16.7. The predicted octanol–water partition coefficient (Wildman–Crippen LogP) is 1.07. The van der Waals surface area contributed by atoms with E-state index in [4.69, 9.17) is 0 Å². The Morgan fingerprint density at radius 1 is 1.17 bits per heavy atom. The average Bonchev–Trinajstić information content (AvgIpc) is 2.66. The van der Waals surface area contributed by atoms with Crippen molar-refractivity contribution in [3.05, 3.63) is 0 Å². The van der Waals surface area contributed by atoms with Crippen LogP contribution in [0.25, 0.3) is 0 Å². The molecular formula is C14H27N3O. The van der Waals surface area contributed by atoms with Gasteiger partial charge in [-0.3, -0.25) is 4.79 Å². The molecule has 2 aliphatic heterocycles. The summed E-state index contributed by atoms with van der Waals surface area (Å²) < 4.78 is 0. The fourth-order valence-electron chi connectivity index (χ4n) is 3.05. The van der Waals surface area contributed by atoms with E-state index in [-0.39, 0.29) is 0 Å². The standard InChI is InChI=1S/C14H27N3O/c1-16-10-3-2-5-13(16)6-7-14(18)17-11-4-8-15-9-12-17/h13,15H,2-12H2,1H3. The lowest BCUT2D eigenvalue weighted by Crippen LogP contribution is -2.38. The van der Waals surface area contributed by atoms with Crippen LogP contribution < -0.4 is 5.32 Å². The van der Waals surface area contributed by atoms with Crippen molar-refractivity contribution in [2.24, 2.45) is 0 Å². The Bertz CT molecular complexity index is 262. The fourth-order valence-corrected chi connectivity index (χ4v) is 3.05. The lowest BCUT2D eigenvalue weighted by molar-refractivity contribution is -0.131. The number of likely N-dealkylation sites (tertiary alicyclic amines) is 1. The van der Waals surface area contributed by atoms with E-state index < -0.39 is 0 Å². The third kappa shape index (κ3) is 3.95. The summed E-state index contributed by atoms with van der Waals surface area (Å²) in [7, 11) is 2.20. The maximum Gasteiger partial charge on any atom is 0.222 e. The molecule has 0 aromatic carbocycles. The van der Waals surface area contributed by atoms with Crippen molar-refractivity contribution in [1.82, 2.24) is 15.1 Å². The zero-order valence-corrected chi connectivity index (χ0v) is 11.7. The Kier molecular flexibility index (Phi) is 5.45. The van der Waals surface area contributed by atoms with E-state index in [0.29, 0.717) is 11.9 Å². The summed E-state index contributed by atoms with van der Waals surface area (Å²) in [6.45, 7) is 5.03. The van der Waals surface area contributed by atoms with Crippen molar-refractivity contribution < 1.29 is 4.79 Å². The fraction of sp³-hybridized carbons (Fsp3) is 0.929. The number of piperidine rings is 1. The summed E-state index contributed by atoms with van der Waals surface area (Å²) in [6, 6.07) is 0.632. The lowest BCUT2D eigenvalue weighted by atomic mass is 9.98. The Labute approximate surface area is 111 Å². The topological polar surface area (TPSA) is 35.6 Å². The number of amides is 1. The molecule has 0 spiro atoms. The molecule has 2 aliphatic rings. The van der Waals surface area contributed by atoms with E-state index in [0.717, 1.165) is 45.4 Å². The summed E-state index contributed by atoms with van der Waals surface area (Å²) in [5.41, 5.74) is 0. The quantitative estimate of drug-likeness (QED) is 0.817. The van der Waals surface area contributed by atoms with Gasteiger partial charge in [0, 0.05) is 32.1 Å². The molecule has 0 aromatic rings. The van der Waals surface area contributed by atoms with Gasteiger partial charge in [0.05, 0.1) is 0 Å². The molecule has 104 valence electrons. The highest BCUT2D eigenvalue weighted by Gasteiger charge is 2.21. The van der Waals surface area contributed by atoms with Gasteiger partial charge < -0.3 is 15.1 Å². The van der Waals surface area contributed by atoms with Crippen LogP contribution in [0.4, 0.5) is 0 Å². The van der Waals surface area contributed by atoms with Crippen molar-refractivity contribution in [3.63, 3.8) is 0 Å². The number of rotatable bonds is 3. The monoisotopic (exact) mass is 253 g/mol. The van der Waals surface area contributed by atoms with Gasteiger partial charge >= 0.3 is 0 Å². The van der Waals surface area contributed by atoms with Gasteiger partial charge in [-0.25, -0.2) is 0 Å². The molecule has 4 heteroatoms. The minimum atomic E-state index is 0.359. The Balaban J connectivity index is 1.72. The summed E-state index contributed by atoms with van der Waals surface area (Å²) in [6.07, 6.45) is 6.78. The van der Waals surface area contributed by atoms with Crippen LogP contribution in [-0.2, 0) is 4.79 Å². The molecule has 2 rings (SSSR count). The van der Waals surface area contributed by atoms with Gasteiger partial charge in [-0.05, 0) is 45.8 Å². The number of carbonyl (C=O) groups excluding carboxylic acids is 1. The third-order valence-electron chi connectivity index (χ3n) is 4.31. The van der Waals surface area contributed by atoms with Crippen LogP contribution in [0.5, 0.6) is 0 Å². The first kappa shape index (κ1) is 13.8. The largest absolute Gasteiger partial charge is 0.341 e. The second kappa shape index (κ2) is 7.10. The normalized spacial score (nSPS) is 26.9. The molecule has 0 saturated carbocycles. The molecule has 1 atom stereocenters. The van der Waals surface area contributed by atoms with E-state index >= 15 is 0 Å². The van der Waals surface area contributed by atoms with Gasteiger partial charge in [0.2, 0.25) is 5.91 Å². The van der Waals surface area contributed by atoms with Crippen molar-refractivity contribution in [1.29, 1.82) is 0 Å². The molecule has 2 saturated heterocycles. The van der Waals surface area contributed by atoms with E-state index in [1.165, 1.54) is 25.8 Å². The molecule has 2 fully saturated rings. The van der Waals surface area contributed by atoms with Gasteiger partial charge in [0.15, 0.2) is 0 Å². The van der Waals surface area contributed by atoms with Gasteiger partial charge in [-0.2, -0.15) is 0 Å². The van der Waals surface area contributed by atoms with E-state index in [1.54, 1.807) is 0 Å². The number of hydrogen-bond acceptors (Lipinski definition) is 3. The highest BCUT2D eigenvalue weighted by molar-refractivity contribution is 5.76. The van der Waals surface area contributed by atoms with Crippen molar-refractivity contribution >= 4 is 5.91 Å². The maximum atomic E-state index is 12.2. The molecule has 18 heavy (non-hydrogen) atoms. The van der Waals surface area contributed by atoms with Crippen LogP contribution in [0.2, 0.25) is 0 Å². The highest BCUT2D eigenvalue weighted by atomic mass is 16.2. The molecular weight excluding hydrogens is 226 g/mol. The highest BCUT2D eigenvalue weighted by Crippen LogP contribution is 2.19. The van der Waals surface area contributed by atoms with Gasteiger partial charge in [0.1, 0.15) is 0 Å². The molecule has 4 nitrogen and oxygen atoms in total. The van der Waals surface area contributed by atoms with Crippen LogP contribution in [-0.4, -0.2) is 61.5 Å². The van der Waals surface area contributed by atoms with E-state index in [2.05, 4.69) is 17.3 Å². The number of hydrogen-bond donors (Lipinski definition) is 1. The average molecular weight is 253 g/mol. The van der Waals surface area contributed by atoms with Crippen LogP contribution in [0, 0.1) is 0 Å². The predicted molar refractivity (Wildman–Crippen MR) is 73.6 cm³/mol. The Morgan fingerprint density at radius 3 is 2.89 bits per heavy atom. The van der Waals surface area contributed by atoms with Gasteiger partial charge in [0.25, 0.3) is 0 Å². The first-order valence-corrected chi connectivity index (χ1v) is 7.46. The SMILES string of the molecule is CN1CCCCC1CCC(=O)N1CCCNCC1. The summed E-state index contributed by atoms with van der Waals surface area (Å²) >= 11 is 0. The maximum absolute atomic E-state index is 12.2. The first-order chi connectivity index (χ1) is 8.77. The second-order valence-corrected chi connectivity index (χ2v) is 5.65. The van der Waals surface area contributed by atoms with Crippen LogP contribution in [0.3, 0.4) is 0 Å². The van der Waals surface area contributed by atoms with E-state index in [9.17, 15) is 4.79 Å². The van der Waals surface area contributed by atoms with Crippen molar-refractivity contribution in [2.75, 3.05) is 39.8 Å². The summed E-state index contributed by atoms with van der Waals surface area (Å²) in [5, 5.41) is 3.34. The molecule has 0 bridgehead atoms. The Hall–Kier alpha value is -0.610. The molecule has 0 aromatic heterocycles. The third-order valence-corrected chi connectivity index (χ3v) is 4.31. The molecule has 0 radical (unpaired) electrons. The minimum absolute atomic E-state index is 0.359. The van der Waals surface area contributed by atoms with Crippen LogP contribution >= 0.6 is 0 Å². The number of carbonyl (C=O) groups is 1. The number of nitrogens with zero attached hydrogens (tertiary/aromatic N) is 2. The van der Waals surface area contributed by atoms with Gasteiger partial charge in [-0.1, -0.05) is 6.42 Å². The molecule has 2 heterocycles. The molecule has 1 amide bonds. The van der Waals surface area contributed by atoms with Crippen molar-refractivity contribution in [3.8, 4) is 0 Å². The lowest BCUT2D eigenvalue weighted by Gasteiger charge is -2.32. The molecule has 0 aliphatic carbocycles. The summed E-state index contributed by atoms with van der Waals surface area (Å²) in [5.74, 6) is 0.359. The molecule has 1 unspecified atom stereocenters. The smallest absolute Gasteiger partial charge is 0.222 e. The minimum Gasteiger partial charge on any atom is -0.341 e. The second-order valence-electron chi connectivity index (χ2n) is 5.65. The zero-order valence-electron chi connectivity index (χ0n) is 11.7. The van der Waals surface area contributed by atoms with E-state index in [1.807, 2.05) is 4.90 Å². The number of nitrogens with one attached hydrogen (secondary N) is 1. The van der Waals surface area contributed by atoms with Crippen LogP contribution in [0.15, 0.2) is 0 Å². The first-order valence-electron chi connectivity index (χ1n) is 7.46. The Morgan fingerprint density at radius 2 is 2.06 bits per heavy atom. The van der Waals surface area contributed by atoms with Gasteiger partial charge in [-0.15, -0.1) is 0 Å². The van der Waals surface area contributed by atoms with Crippen LogP contribution in [0.1, 0.15) is 38.5 Å².